The van der Waals surface area contributed by atoms with Gasteiger partial charge < -0.3 is 21.1 Å². The van der Waals surface area contributed by atoms with E-state index in [-0.39, 0.29) is 23.7 Å². The van der Waals surface area contributed by atoms with Gasteiger partial charge in [-0.05, 0) is 44.0 Å². The summed E-state index contributed by atoms with van der Waals surface area (Å²) in [5.74, 6) is 0.133. The van der Waals surface area contributed by atoms with Crippen molar-refractivity contribution in [3.05, 3.63) is 71.5 Å². The lowest BCUT2D eigenvalue weighted by Gasteiger charge is -2.13. The number of anilines is 2. The largest absolute Gasteiger partial charge is 0.435 e. The standard InChI is InChI=1S/C28H33F3N8O2/c1-4-19-15-20(5-6-21(19)27(40)34-10-14-41-13-8-32)36-25-26-35-16-23(39(26)12-9-33-25)22-17-38(11-7-18(2)3)37-24(22)28(29,30)31/h5-7,9,12,15-17H,4,8,10-11,13-14,32H2,1-3H3,(H,33,36)(H,34,40). The van der Waals surface area contributed by atoms with E-state index in [1.54, 1.807) is 28.8 Å². The van der Waals surface area contributed by atoms with Crippen LogP contribution < -0.4 is 16.4 Å². The number of nitrogens with one attached hydrogen (secondary N) is 2. The van der Waals surface area contributed by atoms with Crippen molar-refractivity contribution in [2.24, 2.45) is 5.73 Å². The molecule has 3 aromatic heterocycles. The molecule has 4 N–H and O–H groups in total. The van der Waals surface area contributed by atoms with Crippen molar-refractivity contribution in [1.29, 1.82) is 0 Å². The van der Waals surface area contributed by atoms with E-state index in [0.717, 1.165) is 11.1 Å². The number of rotatable bonds is 12. The molecule has 0 bridgehead atoms. The Bertz CT molecular complexity index is 1540. The van der Waals surface area contributed by atoms with Gasteiger partial charge in [0.1, 0.15) is 0 Å². The molecule has 218 valence electrons. The van der Waals surface area contributed by atoms with Crippen LogP contribution in [0.3, 0.4) is 0 Å². The molecule has 4 aromatic rings. The van der Waals surface area contributed by atoms with Gasteiger partial charge in [0.2, 0.25) is 0 Å². The van der Waals surface area contributed by atoms with Crippen LogP contribution in [0.5, 0.6) is 0 Å². The summed E-state index contributed by atoms with van der Waals surface area (Å²) >= 11 is 0. The molecule has 0 atom stereocenters. The summed E-state index contributed by atoms with van der Waals surface area (Å²) in [7, 11) is 0. The normalized spacial score (nSPS) is 11.6. The van der Waals surface area contributed by atoms with E-state index < -0.39 is 11.9 Å². The van der Waals surface area contributed by atoms with Gasteiger partial charge in [0.15, 0.2) is 17.2 Å². The summed E-state index contributed by atoms with van der Waals surface area (Å²) in [6.45, 7) is 7.47. The summed E-state index contributed by atoms with van der Waals surface area (Å²) < 4.78 is 49.8. The molecule has 0 saturated heterocycles. The van der Waals surface area contributed by atoms with E-state index in [2.05, 4.69) is 25.7 Å². The van der Waals surface area contributed by atoms with Gasteiger partial charge in [0.05, 0.1) is 37.2 Å². The summed E-state index contributed by atoms with van der Waals surface area (Å²) in [6.07, 6.45) is 3.54. The third-order valence-corrected chi connectivity index (χ3v) is 6.21. The van der Waals surface area contributed by atoms with Gasteiger partial charge in [-0.3, -0.25) is 13.9 Å². The van der Waals surface area contributed by atoms with Gasteiger partial charge in [-0.1, -0.05) is 18.6 Å². The van der Waals surface area contributed by atoms with Gasteiger partial charge in [-0.2, -0.15) is 18.3 Å². The zero-order valence-electron chi connectivity index (χ0n) is 23.1. The zero-order valence-corrected chi connectivity index (χ0v) is 23.1. The van der Waals surface area contributed by atoms with Crippen LogP contribution in [0.15, 0.2) is 54.6 Å². The van der Waals surface area contributed by atoms with Crippen LogP contribution in [-0.2, 0) is 23.9 Å². The third-order valence-electron chi connectivity index (χ3n) is 6.21. The Labute approximate surface area is 235 Å². The molecule has 4 rings (SSSR count). The number of aryl methyl sites for hydroxylation is 1. The predicted octanol–water partition coefficient (Wildman–Crippen LogP) is 4.59. The van der Waals surface area contributed by atoms with Crippen LogP contribution in [0.4, 0.5) is 24.7 Å². The number of halogens is 3. The van der Waals surface area contributed by atoms with Crippen LogP contribution in [0.2, 0.25) is 0 Å². The molecule has 0 saturated carbocycles. The molecule has 41 heavy (non-hydrogen) atoms. The Hall–Kier alpha value is -4.23. The number of hydrogen-bond donors (Lipinski definition) is 3. The number of fused-ring (bicyclic) bond motifs is 1. The first-order valence-corrected chi connectivity index (χ1v) is 13.2. The minimum atomic E-state index is -4.65. The Kier molecular flexibility index (Phi) is 9.40. The molecule has 0 fully saturated rings. The van der Waals surface area contributed by atoms with E-state index in [1.807, 2.05) is 26.8 Å². The van der Waals surface area contributed by atoms with Crippen LogP contribution in [0, 0.1) is 0 Å². The second-order valence-electron chi connectivity index (χ2n) is 9.51. The van der Waals surface area contributed by atoms with Crippen LogP contribution in [0.25, 0.3) is 16.9 Å². The molecule has 0 radical (unpaired) electrons. The number of imidazole rings is 1. The van der Waals surface area contributed by atoms with Crippen molar-refractivity contribution < 1.29 is 22.7 Å². The number of carbonyl (C=O) groups excluding carboxylic acids is 1. The van der Waals surface area contributed by atoms with Crippen LogP contribution >= 0.6 is 0 Å². The second-order valence-corrected chi connectivity index (χ2v) is 9.51. The molecule has 0 aliphatic carbocycles. The van der Waals surface area contributed by atoms with E-state index in [9.17, 15) is 18.0 Å². The smallest absolute Gasteiger partial charge is 0.378 e. The highest BCUT2D eigenvalue weighted by Gasteiger charge is 2.38. The van der Waals surface area contributed by atoms with Crippen molar-refractivity contribution >= 4 is 23.1 Å². The first-order valence-electron chi connectivity index (χ1n) is 13.2. The highest BCUT2D eigenvalue weighted by Crippen LogP contribution is 2.37. The molecule has 1 amide bonds. The number of nitrogens with zero attached hydrogens (tertiary/aromatic N) is 5. The number of alkyl halides is 3. The highest BCUT2D eigenvalue weighted by molar-refractivity contribution is 5.96. The Morgan fingerprint density at radius 3 is 2.71 bits per heavy atom. The maximum atomic E-state index is 13.9. The quantitative estimate of drug-likeness (QED) is 0.168. The Morgan fingerprint density at radius 2 is 2.00 bits per heavy atom. The van der Waals surface area contributed by atoms with Crippen molar-refractivity contribution in [3.8, 4) is 11.3 Å². The fourth-order valence-corrected chi connectivity index (χ4v) is 4.23. The molecule has 10 nitrogen and oxygen atoms in total. The van der Waals surface area contributed by atoms with Crippen LogP contribution in [-0.4, -0.2) is 56.4 Å². The second kappa shape index (κ2) is 13.0. The Balaban J connectivity index is 1.60. The van der Waals surface area contributed by atoms with E-state index in [4.69, 9.17) is 10.5 Å². The van der Waals surface area contributed by atoms with Crippen molar-refractivity contribution in [1.82, 2.24) is 29.5 Å². The minimum absolute atomic E-state index is 0.0821. The molecule has 3 heterocycles. The predicted molar refractivity (Wildman–Crippen MR) is 150 cm³/mol. The maximum Gasteiger partial charge on any atom is 0.435 e. The molecule has 0 spiro atoms. The monoisotopic (exact) mass is 570 g/mol. The molecule has 0 aliphatic rings. The molecular formula is C28H33F3N8O2. The van der Waals surface area contributed by atoms with Crippen LogP contribution in [0.1, 0.15) is 42.4 Å². The minimum Gasteiger partial charge on any atom is -0.378 e. The average Bonchev–Trinajstić information content (AvgIpc) is 3.56. The Morgan fingerprint density at radius 1 is 1.20 bits per heavy atom. The number of carbonyl (C=O) groups is 1. The van der Waals surface area contributed by atoms with Crippen molar-refractivity contribution in [2.45, 2.75) is 39.9 Å². The number of hydrogen-bond acceptors (Lipinski definition) is 7. The number of nitrogens with two attached hydrogens (primary N) is 1. The topological polar surface area (TPSA) is 124 Å². The maximum absolute atomic E-state index is 13.9. The fourth-order valence-electron chi connectivity index (χ4n) is 4.23. The van der Waals surface area contributed by atoms with E-state index >= 15 is 0 Å². The summed E-state index contributed by atoms with van der Waals surface area (Å²) in [6, 6.07) is 5.29. The lowest BCUT2D eigenvalue weighted by Crippen LogP contribution is -2.28. The zero-order chi connectivity index (χ0) is 29.6. The highest BCUT2D eigenvalue weighted by atomic mass is 19.4. The summed E-state index contributed by atoms with van der Waals surface area (Å²) in [4.78, 5) is 21.4. The number of aromatic nitrogens is 5. The number of ether oxygens (including phenoxy) is 1. The van der Waals surface area contributed by atoms with Crippen molar-refractivity contribution in [2.75, 3.05) is 31.6 Å². The molecule has 1 aromatic carbocycles. The average molecular weight is 571 g/mol. The summed E-state index contributed by atoms with van der Waals surface area (Å²) in [5.41, 5.74) is 7.87. The number of amides is 1. The fraction of sp³-hybridized carbons (Fsp3) is 0.357. The van der Waals surface area contributed by atoms with Crippen molar-refractivity contribution in [3.63, 3.8) is 0 Å². The van der Waals surface area contributed by atoms with Gasteiger partial charge in [0, 0.05) is 42.9 Å². The molecule has 0 unspecified atom stereocenters. The van der Waals surface area contributed by atoms with Gasteiger partial charge in [-0.15, -0.1) is 0 Å². The lowest BCUT2D eigenvalue weighted by molar-refractivity contribution is -0.141. The molecular weight excluding hydrogens is 537 g/mol. The summed E-state index contributed by atoms with van der Waals surface area (Å²) in [5, 5.41) is 9.84. The van der Waals surface area contributed by atoms with Gasteiger partial charge >= 0.3 is 6.18 Å². The molecule has 0 aliphatic heterocycles. The van der Waals surface area contributed by atoms with E-state index in [1.165, 1.54) is 23.3 Å². The van der Waals surface area contributed by atoms with Gasteiger partial charge in [0.25, 0.3) is 5.91 Å². The lowest BCUT2D eigenvalue weighted by atomic mass is 10.0. The van der Waals surface area contributed by atoms with E-state index in [0.29, 0.717) is 55.4 Å². The molecule has 13 heteroatoms. The third kappa shape index (κ3) is 7.11. The van der Waals surface area contributed by atoms with Gasteiger partial charge in [-0.25, -0.2) is 9.97 Å². The number of benzene rings is 1. The SMILES string of the molecule is CCc1cc(Nc2nccn3c(-c4cn(CC=C(C)C)nc4C(F)(F)F)cnc23)ccc1C(=O)NCCOCCN. The first-order chi connectivity index (χ1) is 19.6. The first kappa shape index (κ1) is 29.7. The number of allylic oxidation sites excluding steroid dienone is 2.